The smallest absolute Gasteiger partial charge is 0.272 e. The monoisotopic (exact) mass is 422 g/mol. The van der Waals surface area contributed by atoms with Crippen LogP contribution >= 0.6 is 22.9 Å². The number of benzene rings is 1. The van der Waals surface area contributed by atoms with E-state index in [0.717, 1.165) is 22.4 Å². The Morgan fingerprint density at radius 3 is 2.83 bits per heavy atom. The number of carbonyl (C=O) groups is 1. The molecule has 7 nitrogen and oxygen atoms in total. The van der Waals surface area contributed by atoms with Gasteiger partial charge in [-0.15, -0.1) is 5.10 Å². The van der Waals surface area contributed by atoms with E-state index in [9.17, 15) is 4.79 Å². The minimum absolute atomic E-state index is 0.0360. The molecule has 144 valence electrons. The summed E-state index contributed by atoms with van der Waals surface area (Å²) in [5.74, 6) is 0.806. The van der Waals surface area contributed by atoms with E-state index in [4.69, 9.17) is 11.6 Å². The van der Waals surface area contributed by atoms with E-state index in [1.165, 1.54) is 0 Å². The lowest BCUT2D eigenvalue weighted by atomic mass is 9.87. The summed E-state index contributed by atoms with van der Waals surface area (Å²) in [6.45, 7) is 1.93. The number of rotatable bonds is 3. The highest BCUT2D eigenvalue weighted by Crippen LogP contribution is 2.40. The predicted octanol–water partition coefficient (Wildman–Crippen LogP) is 4.22. The third-order valence-corrected chi connectivity index (χ3v) is 5.88. The number of amides is 1. The molecule has 3 aromatic heterocycles. The molecule has 1 aromatic carbocycles. The molecular weight excluding hydrogens is 408 g/mol. The summed E-state index contributed by atoms with van der Waals surface area (Å²) in [6.07, 6.45) is 1.97. The van der Waals surface area contributed by atoms with Crippen LogP contribution in [-0.2, 0) is 4.79 Å². The van der Waals surface area contributed by atoms with Gasteiger partial charge in [0.05, 0.1) is 17.6 Å². The van der Waals surface area contributed by atoms with E-state index in [1.807, 2.05) is 30.5 Å². The number of nitrogens with zero attached hydrogens (tertiary/aromatic N) is 5. The second-order valence-corrected chi connectivity index (χ2v) is 7.99. The lowest BCUT2D eigenvalue weighted by Gasteiger charge is -2.23. The van der Waals surface area contributed by atoms with Gasteiger partial charge in [-0.2, -0.15) is 26.2 Å². The fourth-order valence-electron chi connectivity index (χ4n) is 3.59. The first-order chi connectivity index (χ1) is 14.1. The van der Waals surface area contributed by atoms with Crippen molar-refractivity contribution in [1.29, 1.82) is 0 Å². The quantitative estimate of drug-likeness (QED) is 0.534. The van der Waals surface area contributed by atoms with E-state index >= 15 is 0 Å². The maximum Gasteiger partial charge on any atom is 0.272 e. The SMILES string of the molecule is Cc1nn(-c2nncc(-c3ccc(Cl)cc3)n2)c2c1C(c1ccsc1)CC(=O)N2. The zero-order chi connectivity index (χ0) is 20.0. The van der Waals surface area contributed by atoms with Gasteiger partial charge in [-0.25, -0.2) is 4.98 Å². The van der Waals surface area contributed by atoms with Crippen LogP contribution in [0, 0.1) is 6.92 Å². The van der Waals surface area contributed by atoms with Crippen molar-refractivity contribution in [1.82, 2.24) is 25.0 Å². The first-order valence-electron chi connectivity index (χ1n) is 8.97. The average molecular weight is 423 g/mol. The standard InChI is InChI=1S/C20H15ClN6OS/c1-11-18-15(13-6-7-29-10-13)8-17(28)24-19(18)27(26-11)20-23-16(9-22-25-20)12-2-4-14(21)5-3-12/h2-7,9-10,15H,8H2,1H3,(H,24,28). The number of hydrogen-bond donors (Lipinski definition) is 1. The molecule has 1 amide bonds. The molecule has 1 atom stereocenters. The number of halogens is 1. The number of nitrogens with one attached hydrogen (secondary N) is 1. The van der Waals surface area contributed by atoms with Crippen LogP contribution in [0.2, 0.25) is 5.02 Å². The maximum atomic E-state index is 12.4. The van der Waals surface area contributed by atoms with Crippen LogP contribution in [0.3, 0.4) is 0 Å². The van der Waals surface area contributed by atoms with Crippen LogP contribution < -0.4 is 5.32 Å². The predicted molar refractivity (Wildman–Crippen MR) is 112 cm³/mol. The topological polar surface area (TPSA) is 85.6 Å². The van der Waals surface area contributed by atoms with Gasteiger partial charge in [0.2, 0.25) is 5.91 Å². The van der Waals surface area contributed by atoms with Crippen molar-refractivity contribution >= 4 is 34.7 Å². The van der Waals surface area contributed by atoms with Gasteiger partial charge in [0.25, 0.3) is 5.95 Å². The normalized spacial score (nSPS) is 15.8. The summed E-state index contributed by atoms with van der Waals surface area (Å²) in [5.41, 5.74) is 4.44. The Bertz CT molecular complexity index is 1200. The van der Waals surface area contributed by atoms with E-state index in [0.29, 0.717) is 28.9 Å². The lowest BCUT2D eigenvalue weighted by molar-refractivity contribution is -0.116. The Balaban J connectivity index is 1.62. The summed E-state index contributed by atoms with van der Waals surface area (Å²) < 4.78 is 1.56. The van der Waals surface area contributed by atoms with Gasteiger partial charge in [-0.3, -0.25) is 4.79 Å². The Hall–Kier alpha value is -3.10. The first-order valence-corrected chi connectivity index (χ1v) is 10.3. The van der Waals surface area contributed by atoms with Crippen molar-refractivity contribution in [3.63, 3.8) is 0 Å². The Morgan fingerprint density at radius 1 is 1.24 bits per heavy atom. The number of fused-ring (bicyclic) bond motifs is 1. The molecule has 29 heavy (non-hydrogen) atoms. The maximum absolute atomic E-state index is 12.4. The fourth-order valence-corrected chi connectivity index (χ4v) is 4.43. The summed E-state index contributed by atoms with van der Waals surface area (Å²) in [5, 5.41) is 20.5. The number of hydrogen-bond acceptors (Lipinski definition) is 6. The summed E-state index contributed by atoms with van der Waals surface area (Å²) >= 11 is 7.59. The van der Waals surface area contributed by atoms with Crippen molar-refractivity contribution in [2.24, 2.45) is 0 Å². The molecule has 9 heteroatoms. The van der Waals surface area contributed by atoms with Crippen molar-refractivity contribution in [2.45, 2.75) is 19.3 Å². The van der Waals surface area contributed by atoms with Crippen LogP contribution in [0.1, 0.15) is 29.2 Å². The molecule has 1 unspecified atom stereocenters. The van der Waals surface area contributed by atoms with Gasteiger partial charge in [-0.1, -0.05) is 23.7 Å². The molecule has 0 saturated carbocycles. The number of thiophene rings is 1. The van der Waals surface area contributed by atoms with E-state index in [1.54, 1.807) is 34.3 Å². The van der Waals surface area contributed by atoms with E-state index in [2.05, 4.69) is 31.0 Å². The highest BCUT2D eigenvalue weighted by atomic mass is 35.5. The van der Waals surface area contributed by atoms with Gasteiger partial charge in [0, 0.05) is 28.5 Å². The Kier molecular flexibility index (Phi) is 4.37. The molecule has 1 aliphatic heterocycles. The second-order valence-electron chi connectivity index (χ2n) is 6.77. The largest absolute Gasteiger partial charge is 0.310 e. The molecule has 1 aliphatic rings. The molecule has 0 saturated heterocycles. The highest BCUT2D eigenvalue weighted by Gasteiger charge is 2.33. The molecule has 5 rings (SSSR count). The van der Waals surface area contributed by atoms with Gasteiger partial charge in [-0.05, 0) is 41.4 Å². The summed E-state index contributed by atoms with van der Waals surface area (Å²) in [7, 11) is 0. The van der Waals surface area contributed by atoms with Crippen LogP contribution in [-0.4, -0.2) is 30.9 Å². The van der Waals surface area contributed by atoms with Crippen molar-refractivity contribution in [3.05, 3.63) is 69.1 Å². The number of anilines is 1. The molecule has 4 heterocycles. The fraction of sp³-hybridized carbons (Fsp3) is 0.150. The zero-order valence-corrected chi connectivity index (χ0v) is 16.9. The van der Waals surface area contributed by atoms with Gasteiger partial charge in [0.1, 0.15) is 5.82 Å². The Labute approximate surface area is 175 Å². The second kappa shape index (κ2) is 7.06. The molecule has 0 aliphatic carbocycles. The van der Waals surface area contributed by atoms with Crippen LogP contribution in [0.15, 0.2) is 47.3 Å². The van der Waals surface area contributed by atoms with Gasteiger partial charge in [0.15, 0.2) is 0 Å². The number of carbonyl (C=O) groups excluding carboxylic acids is 1. The van der Waals surface area contributed by atoms with Crippen LogP contribution in [0.4, 0.5) is 5.82 Å². The van der Waals surface area contributed by atoms with E-state index in [-0.39, 0.29) is 11.8 Å². The molecule has 0 spiro atoms. The minimum atomic E-state index is -0.0586. The molecule has 1 N–H and O–H groups in total. The molecule has 0 bridgehead atoms. The van der Waals surface area contributed by atoms with E-state index < -0.39 is 0 Å². The highest BCUT2D eigenvalue weighted by molar-refractivity contribution is 7.08. The average Bonchev–Trinajstić information content (AvgIpc) is 3.37. The van der Waals surface area contributed by atoms with Crippen LogP contribution in [0.25, 0.3) is 17.2 Å². The van der Waals surface area contributed by atoms with Crippen LogP contribution in [0.5, 0.6) is 0 Å². The molecule has 0 fully saturated rings. The minimum Gasteiger partial charge on any atom is -0.310 e. The molecule has 0 radical (unpaired) electrons. The van der Waals surface area contributed by atoms with Crippen molar-refractivity contribution in [2.75, 3.05) is 5.32 Å². The Morgan fingerprint density at radius 2 is 2.07 bits per heavy atom. The first kappa shape index (κ1) is 18.0. The third kappa shape index (κ3) is 3.20. The number of aryl methyl sites for hydroxylation is 1. The van der Waals surface area contributed by atoms with Gasteiger partial charge >= 0.3 is 0 Å². The van der Waals surface area contributed by atoms with Crippen molar-refractivity contribution in [3.8, 4) is 17.2 Å². The van der Waals surface area contributed by atoms with Crippen molar-refractivity contribution < 1.29 is 4.79 Å². The molecular formula is C20H15ClN6OS. The lowest BCUT2D eigenvalue weighted by Crippen LogP contribution is -2.25. The zero-order valence-electron chi connectivity index (χ0n) is 15.3. The summed E-state index contributed by atoms with van der Waals surface area (Å²) in [4.78, 5) is 17.0. The summed E-state index contributed by atoms with van der Waals surface area (Å²) in [6, 6.07) is 9.38. The third-order valence-electron chi connectivity index (χ3n) is 4.93. The molecule has 4 aromatic rings. The number of aromatic nitrogens is 5. The van der Waals surface area contributed by atoms with Gasteiger partial charge < -0.3 is 5.32 Å².